The number of rotatable bonds is 7. The third kappa shape index (κ3) is 5.66. The number of carbonyl (C=O) groups excluding carboxylic acids is 1. The van der Waals surface area contributed by atoms with Crippen molar-refractivity contribution in [1.29, 1.82) is 0 Å². The first-order valence-corrected chi connectivity index (χ1v) is 8.07. The predicted molar refractivity (Wildman–Crippen MR) is 95.5 cm³/mol. The molecule has 1 aromatic carbocycles. The van der Waals surface area contributed by atoms with Crippen LogP contribution in [0, 0.1) is 6.92 Å². The van der Waals surface area contributed by atoms with Gasteiger partial charge in [-0.25, -0.2) is 5.43 Å². The SMILES string of the molecule is C/C(=N\NC(=O)CCCOc1ccc(Cl)cc1C)c1ccccn1. The summed E-state index contributed by atoms with van der Waals surface area (Å²) in [5.41, 5.74) is 4.91. The molecule has 1 amide bonds. The molecule has 0 fully saturated rings. The van der Waals surface area contributed by atoms with Crippen molar-refractivity contribution in [1.82, 2.24) is 10.4 Å². The molecular weight excluding hydrogens is 326 g/mol. The van der Waals surface area contributed by atoms with E-state index in [0.717, 1.165) is 17.0 Å². The van der Waals surface area contributed by atoms with Gasteiger partial charge in [0.05, 0.1) is 18.0 Å². The van der Waals surface area contributed by atoms with Crippen LogP contribution in [-0.4, -0.2) is 23.2 Å². The summed E-state index contributed by atoms with van der Waals surface area (Å²) in [6.45, 7) is 4.19. The molecule has 0 saturated carbocycles. The van der Waals surface area contributed by atoms with E-state index in [9.17, 15) is 4.79 Å². The average molecular weight is 346 g/mol. The minimum atomic E-state index is -0.151. The molecule has 0 atom stereocenters. The fourth-order valence-electron chi connectivity index (χ4n) is 2.03. The normalized spacial score (nSPS) is 11.2. The molecule has 6 heteroatoms. The Labute approximate surface area is 146 Å². The van der Waals surface area contributed by atoms with Crippen molar-refractivity contribution in [3.63, 3.8) is 0 Å². The minimum Gasteiger partial charge on any atom is -0.493 e. The zero-order valence-electron chi connectivity index (χ0n) is 13.8. The topological polar surface area (TPSA) is 63.6 Å². The Kier molecular flexibility index (Phi) is 6.75. The van der Waals surface area contributed by atoms with Crippen molar-refractivity contribution in [3.8, 4) is 5.75 Å². The summed E-state index contributed by atoms with van der Waals surface area (Å²) in [6, 6.07) is 11.0. The van der Waals surface area contributed by atoms with Crippen LogP contribution in [0.3, 0.4) is 0 Å². The van der Waals surface area contributed by atoms with Gasteiger partial charge < -0.3 is 4.74 Å². The fraction of sp³-hybridized carbons (Fsp3) is 0.278. The molecule has 1 N–H and O–H groups in total. The Hall–Kier alpha value is -2.40. The highest BCUT2D eigenvalue weighted by atomic mass is 35.5. The van der Waals surface area contributed by atoms with E-state index in [4.69, 9.17) is 16.3 Å². The summed E-state index contributed by atoms with van der Waals surface area (Å²) in [4.78, 5) is 16.0. The summed E-state index contributed by atoms with van der Waals surface area (Å²) in [5, 5.41) is 4.74. The summed E-state index contributed by atoms with van der Waals surface area (Å²) >= 11 is 5.90. The smallest absolute Gasteiger partial charge is 0.240 e. The second kappa shape index (κ2) is 9.03. The number of halogens is 1. The van der Waals surface area contributed by atoms with Crippen LogP contribution in [0.1, 0.15) is 31.0 Å². The zero-order chi connectivity index (χ0) is 17.4. The predicted octanol–water partition coefficient (Wildman–Crippen LogP) is 3.74. The number of hydrogen-bond acceptors (Lipinski definition) is 4. The van der Waals surface area contributed by atoms with Crippen molar-refractivity contribution < 1.29 is 9.53 Å². The van der Waals surface area contributed by atoms with Gasteiger partial charge in [0.25, 0.3) is 0 Å². The van der Waals surface area contributed by atoms with E-state index in [-0.39, 0.29) is 5.91 Å². The van der Waals surface area contributed by atoms with Crippen molar-refractivity contribution in [3.05, 3.63) is 58.9 Å². The highest BCUT2D eigenvalue weighted by molar-refractivity contribution is 6.30. The monoisotopic (exact) mass is 345 g/mol. The number of aromatic nitrogens is 1. The van der Waals surface area contributed by atoms with Gasteiger partial charge in [-0.05, 0) is 56.2 Å². The number of pyridine rings is 1. The molecule has 0 aliphatic rings. The van der Waals surface area contributed by atoms with Gasteiger partial charge >= 0.3 is 0 Å². The van der Waals surface area contributed by atoms with Crippen LogP contribution in [0.2, 0.25) is 5.02 Å². The third-order valence-electron chi connectivity index (χ3n) is 3.33. The molecule has 0 aliphatic heterocycles. The van der Waals surface area contributed by atoms with Crippen LogP contribution in [0.15, 0.2) is 47.7 Å². The van der Waals surface area contributed by atoms with E-state index < -0.39 is 0 Å². The molecule has 0 bridgehead atoms. The molecule has 0 spiro atoms. The molecule has 2 aromatic rings. The lowest BCUT2D eigenvalue weighted by atomic mass is 10.2. The zero-order valence-corrected chi connectivity index (χ0v) is 14.5. The highest BCUT2D eigenvalue weighted by Crippen LogP contribution is 2.21. The van der Waals surface area contributed by atoms with Crippen molar-refractivity contribution >= 4 is 23.2 Å². The quantitative estimate of drug-likeness (QED) is 0.472. The number of aryl methyl sites for hydroxylation is 1. The van der Waals surface area contributed by atoms with Crippen LogP contribution >= 0.6 is 11.6 Å². The molecule has 0 radical (unpaired) electrons. The molecule has 0 unspecified atom stereocenters. The molecular formula is C18H20ClN3O2. The van der Waals surface area contributed by atoms with Crippen LogP contribution in [0.5, 0.6) is 5.75 Å². The number of ether oxygens (including phenoxy) is 1. The van der Waals surface area contributed by atoms with Crippen molar-refractivity contribution in [2.75, 3.05) is 6.61 Å². The Morgan fingerprint density at radius 1 is 1.33 bits per heavy atom. The van der Waals surface area contributed by atoms with Crippen LogP contribution < -0.4 is 10.2 Å². The molecule has 126 valence electrons. The summed E-state index contributed by atoms with van der Waals surface area (Å²) in [6.07, 6.45) is 2.63. The second-order valence-electron chi connectivity index (χ2n) is 5.31. The molecule has 0 saturated heterocycles. The van der Waals surface area contributed by atoms with E-state index in [1.165, 1.54) is 0 Å². The second-order valence-corrected chi connectivity index (χ2v) is 5.75. The summed E-state index contributed by atoms with van der Waals surface area (Å²) in [5.74, 6) is 0.630. The van der Waals surface area contributed by atoms with E-state index in [2.05, 4.69) is 15.5 Å². The van der Waals surface area contributed by atoms with Gasteiger partial charge in [0, 0.05) is 17.6 Å². The minimum absolute atomic E-state index is 0.151. The first kappa shape index (κ1) is 17.9. The number of hydrogen-bond donors (Lipinski definition) is 1. The Morgan fingerprint density at radius 2 is 2.17 bits per heavy atom. The van der Waals surface area contributed by atoms with Crippen LogP contribution in [0.25, 0.3) is 0 Å². The van der Waals surface area contributed by atoms with Gasteiger partial charge in [-0.15, -0.1) is 0 Å². The van der Waals surface area contributed by atoms with Crippen LogP contribution in [0.4, 0.5) is 0 Å². The molecule has 24 heavy (non-hydrogen) atoms. The van der Waals surface area contributed by atoms with Crippen molar-refractivity contribution in [2.24, 2.45) is 5.10 Å². The number of benzene rings is 1. The first-order chi connectivity index (χ1) is 11.6. The van der Waals surface area contributed by atoms with Gasteiger partial charge in [0.2, 0.25) is 5.91 Å². The van der Waals surface area contributed by atoms with Gasteiger partial charge in [0.15, 0.2) is 0 Å². The van der Waals surface area contributed by atoms with E-state index in [0.29, 0.717) is 30.2 Å². The lowest BCUT2D eigenvalue weighted by Gasteiger charge is -2.09. The molecule has 0 aliphatic carbocycles. The van der Waals surface area contributed by atoms with Gasteiger partial charge in [-0.3, -0.25) is 9.78 Å². The van der Waals surface area contributed by atoms with Gasteiger partial charge in [-0.1, -0.05) is 17.7 Å². The Bertz CT molecular complexity index is 717. The Morgan fingerprint density at radius 3 is 2.88 bits per heavy atom. The van der Waals surface area contributed by atoms with Crippen LogP contribution in [-0.2, 0) is 4.79 Å². The standard InChI is InChI=1S/C18H20ClN3O2/c1-13-12-15(19)8-9-17(13)24-11-5-7-18(23)22-21-14(2)16-6-3-4-10-20-16/h3-4,6,8-10,12H,5,7,11H2,1-2H3,(H,22,23)/b21-14+. The average Bonchev–Trinajstić information content (AvgIpc) is 2.59. The number of nitrogens with zero attached hydrogens (tertiary/aromatic N) is 2. The summed E-state index contributed by atoms with van der Waals surface area (Å²) in [7, 11) is 0. The molecule has 2 rings (SSSR count). The van der Waals surface area contributed by atoms with E-state index >= 15 is 0 Å². The largest absolute Gasteiger partial charge is 0.493 e. The van der Waals surface area contributed by atoms with E-state index in [1.807, 2.05) is 37.3 Å². The third-order valence-corrected chi connectivity index (χ3v) is 3.56. The lowest BCUT2D eigenvalue weighted by Crippen LogP contribution is -2.20. The van der Waals surface area contributed by atoms with Crippen molar-refractivity contribution in [2.45, 2.75) is 26.7 Å². The number of carbonyl (C=O) groups is 1. The maximum absolute atomic E-state index is 11.8. The molecule has 5 nitrogen and oxygen atoms in total. The fourth-order valence-corrected chi connectivity index (χ4v) is 2.25. The summed E-state index contributed by atoms with van der Waals surface area (Å²) < 4.78 is 5.65. The maximum Gasteiger partial charge on any atom is 0.240 e. The molecule has 1 aromatic heterocycles. The number of amides is 1. The van der Waals surface area contributed by atoms with Gasteiger partial charge in [-0.2, -0.15) is 5.10 Å². The Balaban J connectivity index is 1.72. The maximum atomic E-state index is 11.8. The molecule has 1 heterocycles. The lowest BCUT2D eigenvalue weighted by molar-refractivity contribution is -0.121. The number of hydrazone groups is 1. The first-order valence-electron chi connectivity index (χ1n) is 7.70. The van der Waals surface area contributed by atoms with E-state index in [1.54, 1.807) is 19.2 Å². The van der Waals surface area contributed by atoms with Gasteiger partial charge in [0.1, 0.15) is 5.75 Å². The highest BCUT2D eigenvalue weighted by Gasteiger charge is 2.04. The number of nitrogens with one attached hydrogen (secondary N) is 1.